The van der Waals surface area contributed by atoms with E-state index in [0.29, 0.717) is 0 Å². The van der Waals surface area contributed by atoms with Crippen molar-refractivity contribution >= 4 is 5.95 Å². The van der Waals surface area contributed by atoms with Crippen molar-refractivity contribution in [2.75, 3.05) is 31.1 Å². The summed E-state index contributed by atoms with van der Waals surface area (Å²) >= 11 is 0. The summed E-state index contributed by atoms with van der Waals surface area (Å²) in [7, 11) is 0. The van der Waals surface area contributed by atoms with Gasteiger partial charge in [-0.3, -0.25) is 0 Å². The molecule has 0 bridgehead atoms. The Balaban J connectivity index is 2.00. The molecule has 1 aliphatic carbocycles. The zero-order valence-corrected chi connectivity index (χ0v) is 13.2. The molecule has 4 nitrogen and oxygen atoms in total. The lowest BCUT2D eigenvalue weighted by atomic mass is 9.87. The number of aromatic nitrogens is 2. The number of hydrogen-bond donors (Lipinski definition) is 1. The highest BCUT2D eigenvalue weighted by atomic mass is 15.2. The van der Waals surface area contributed by atoms with Crippen LogP contribution in [0.5, 0.6) is 0 Å². The van der Waals surface area contributed by atoms with Gasteiger partial charge in [0.05, 0.1) is 0 Å². The molecule has 1 heterocycles. The third-order valence-corrected chi connectivity index (χ3v) is 4.15. The number of aryl methyl sites for hydroxylation is 1. The minimum Gasteiger partial charge on any atom is -0.341 e. The molecule has 4 heteroatoms. The van der Waals surface area contributed by atoms with E-state index in [0.717, 1.165) is 50.9 Å². The van der Waals surface area contributed by atoms with Gasteiger partial charge in [-0.1, -0.05) is 6.92 Å². The number of nitrogens with zero attached hydrogens (tertiary/aromatic N) is 3. The molecule has 112 valence electrons. The quantitative estimate of drug-likeness (QED) is 0.777. The van der Waals surface area contributed by atoms with E-state index in [2.05, 4.69) is 42.2 Å². The van der Waals surface area contributed by atoms with Crippen LogP contribution in [-0.2, 0) is 12.8 Å². The lowest BCUT2D eigenvalue weighted by Crippen LogP contribution is -2.29. The van der Waals surface area contributed by atoms with Crippen LogP contribution in [0.4, 0.5) is 5.95 Å². The fourth-order valence-electron chi connectivity index (χ4n) is 2.89. The molecule has 0 aliphatic heterocycles. The maximum Gasteiger partial charge on any atom is 0.225 e. The van der Waals surface area contributed by atoms with Crippen molar-refractivity contribution in [2.24, 2.45) is 5.92 Å². The molecular formula is C16H28N4. The molecule has 1 aromatic heterocycles. The zero-order valence-electron chi connectivity index (χ0n) is 13.2. The molecule has 1 aliphatic rings. The summed E-state index contributed by atoms with van der Waals surface area (Å²) in [5, 5.41) is 3.53. The van der Waals surface area contributed by atoms with Crippen LogP contribution < -0.4 is 10.2 Å². The standard InChI is InChI=1S/C16H28N4/c1-4-9-17-11-13-7-8-15-14(10-13)12-18-16(19-15)20(5-2)6-3/h12-13,17H,4-11H2,1-3H3. The molecule has 0 radical (unpaired) electrons. The van der Waals surface area contributed by atoms with E-state index in [1.807, 2.05) is 0 Å². The van der Waals surface area contributed by atoms with E-state index in [9.17, 15) is 0 Å². The molecule has 2 rings (SSSR count). The first-order valence-corrected chi connectivity index (χ1v) is 8.08. The Morgan fingerprint density at radius 1 is 1.30 bits per heavy atom. The number of fused-ring (bicyclic) bond motifs is 1. The predicted octanol–water partition coefficient (Wildman–Crippen LogP) is 2.43. The molecule has 0 spiro atoms. The van der Waals surface area contributed by atoms with Crippen LogP contribution >= 0.6 is 0 Å². The topological polar surface area (TPSA) is 41.1 Å². The Labute approximate surface area is 123 Å². The molecule has 20 heavy (non-hydrogen) atoms. The van der Waals surface area contributed by atoms with Crippen molar-refractivity contribution in [3.05, 3.63) is 17.5 Å². The lowest BCUT2D eigenvalue weighted by molar-refractivity contribution is 0.420. The van der Waals surface area contributed by atoms with Gasteiger partial charge in [0.25, 0.3) is 0 Å². The molecule has 0 aromatic carbocycles. The monoisotopic (exact) mass is 276 g/mol. The van der Waals surface area contributed by atoms with Crippen LogP contribution in [0.15, 0.2) is 6.20 Å². The fourth-order valence-corrected chi connectivity index (χ4v) is 2.89. The van der Waals surface area contributed by atoms with E-state index in [1.54, 1.807) is 0 Å². The Bertz CT molecular complexity index is 415. The average molecular weight is 276 g/mol. The van der Waals surface area contributed by atoms with Crippen molar-refractivity contribution in [3.63, 3.8) is 0 Å². The molecule has 0 saturated carbocycles. The highest BCUT2D eigenvalue weighted by Crippen LogP contribution is 2.24. The van der Waals surface area contributed by atoms with Crippen LogP contribution in [-0.4, -0.2) is 36.1 Å². The van der Waals surface area contributed by atoms with Gasteiger partial charge in [0.1, 0.15) is 0 Å². The molecule has 0 saturated heterocycles. The second-order valence-corrected chi connectivity index (χ2v) is 5.63. The summed E-state index contributed by atoms with van der Waals surface area (Å²) in [6.45, 7) is 10.7. The van der Waals surface area contributed by atoms with Gasteiger partial charge in [0, 0.05) is 25.0 Å². The van der Waals surface area contributed by atoms with Gasteiger partial charge < -0.3 is 10.2 Å². The van der Waals surface area contributed by atoms with Gasteiger partial charge >= 0.3 is 0 Å². The molecule has 1 N–H and O–H groups in total. The van der Waals surface area contributed by atoms with Gasteiger partial charge in [-0.15, -0.1) is 0 Å². The van der Waals surface area contributed by atoms with Gasteiger partial charge in [0.15, 0.2) is 0 Å². The van der Waals surface area contributed by atoms with Crippen LogP contribution in [0.25, 0.3) is 0 Å². The zero-order chi connectivity index (χ0) is 14.4. The summed E-state index contributed by atoms with van der Waals surface area (Å²) in [4.78, 5) is 11.6. The second-order valence-electron chi connectivity index (χ2n) is 5.63. The van der Waals surface area contributed by atoms with Crippen LogP contribution in [0, 0.1) is 5.92 Å². The first-order chi connectivity index (χ1) is 9.78. The van der Waals surface area contributed by atoms with Crippen molar-refractivity contribution in [1.82, 2.24) is 15.3 Å². The van der Waals surface area contributed by atoms with Gasteiger partial charge in [-0.2, -0.15) is 0 Å². The largest absolute Gasteiger partial charge is 0.341 e. The van der Waals surface area contributed by atoms with Crippen molar-refractivity contribution in [1.29, 1.82) is 0 Å². The number of nitrogens with one attached hydrogen (secondary N) is 1. The maximum atomic E-state index is 4.78. The molecule has 1 unspecified atom stereocenters. The Kier molecular flexibility index (Phi) is 5.77. The molecule has 0 fully saturated rings. The first-order valence-electron chi connectivity index (χ1n) is 8.08. The van der Waals surface area contributed by atoms with Crippen molar-refractivity contribution in [2.45, 2.75) is 46.5 Å². The van der Waals surface area contributed by atoms with E-state index in [4.69, 9.17) is 4.98 Å². The Hall–Kier alpha value is -1.16. The summed E-state index contributed by atoms with van der Waals surface area (Å²) in [6, 6.07) is 0. The highest BCUT2D eigenvalue weighted by Gasteiger charge is 2.20. The van der Waals surface area contributed by atoms with E-state index in [-0.39, 0.29) is 0 Å². The van der Waals surface area contributed by atoms with Gasteiger partial charge in [-0.25, -0.2) is 9.97 Å². The van der Waals surface area contributed by atoms with Gasteiger partial charge in [-0.05, 0) is 64.1 Å². The lowest BCUT2D eigenvalue weighted by Gasteiger charge is -2.26. The molecule has 0 amide bonds. The van der Waals surface area contributed by atoms with Crippen LogP contribution in [0.3, 0.4) is 0 Å². The number of hydrogen-bond acceptors (Lipinski definition) is 4. The van der Waals surface area contributed by atoms with Crippen LogP contribution in [0.2, 0.25) is 0 Å². The van der Waals surface area contributed by atoms with Gasteiger partial charge in [0.2, 0.25) is 5.95 Å². The molecule has 1 atom stereocenters. The smallest absolute Gasteiger partial charge is 0.225 e. The normalized spacial score (nSPS) is 17.9. The minimum absolute atomic E-state index is 0.747. The van der Waals surface area contributed by atoms with Crippen molar-refractivity contribution in [3.8, 4) is 0 Å². The number of anilines is 1. The second kappa shape index (κ2) is 7.58. The minimum atomic E-state index is 0.747. The summed E-state index contributed by atoms with van der Waals surface area (Å²) < 4.78 is 0. The Morgan fingerprint density at radius 3 is 2.80 bits per heavy atom. The third-order valence-electron chi connectivity index (χ3n) is 4.15. The van der Waals surface area contributed by atoms with E-state index in [1.165, 1.54) is 24.1 Å². The average Bonchev–Trinajstić information content (AvgIpc) is 2.49. The van der Waals surface area contributed by atoms with Crippen LogP contribution in [0.1, 0.15) is 44.9 Å². The summed E-state index contributed by atoms with van der Waals surface area (Å²) in [6.07, 6.45) is 6.75. The van der Waals surface area contributed by atoms with Crippen molar-refractivity contribution < 1.29 is 0 Å². The predicted molar refractivity (Wildman–Crippen MR) is 84.3 cm³/mol. The summed E-state index contributed by atoms with van der Waals surface area (Å²) in [5.74, 6) is 1.65. The highest BCUT2D eigenvalue weighted by molar-refractivity contribution is 5.34. The summed E-state index contributed by atoms with van der Waals surface area (Å²) in [5.41, 5.74) is 2.63. The first kappa shape index (κ1) is 15.2. The third kappa shape index (κ3) is 3.69. The maximum absolute atomic E-state index is 4.78. The molecular weight excluding hydrogens is 248 g/mol. The SMILES string of the molecule is CCCNCC1CCc2nc(N(CC)CC)ncc2C1. The van der Waals surface area contributed by atoms with E-state index >= 15 is 0 Å². The van der Waals surface area contributed by atoms with E-state index < -0.39 is 0 Å². The number of rotatable bonds is 7. The fraction of sp³-hybridized carbons (Fsp3) is 0.750. The Morgan fingerprint density at radius 2 is 2.10 bits per heavy atom. The molecule has 1 aromatic rings.